The second kappa shape index (κ2) is 7.94. The lowest BCUT2D eigenvalue weighted by Crippen LogP contribution is -2.21. The van der Waals surface area contributed by atoms with Crippen LogP contribution in [0.4, 0.5) is 5.00 Å². The van der Waals surface area contributed by atoms with Crippen molar-refractivity contribution in [2.45, 2.75) is 0 Å². The number of rotatable bonds is 6. The Morgan fingerprint density at radius 2 is 1.81 bits per heavy atom. The summed E-state index contributed by atoms with van der Waals surface area (Å²) in [4.78, 5) is 36.3. The van der Waals surface area contributed by atoms with E-state index in [1.165, 1.54) is 22.7 Å². The Labute approximate surface area is 157 Å². The number of amides is 2. The molecule has 0 spiro atoms. The highest BCUT2D eigenvalue weighted by Crippen LogP contribution is 2.36. The average Bonchev–Trinajstić information content (AvgIpc) is 3.30. The Morgan fingerprint density at radius 1 is 1.04 bits per heavy atom. The second-order valence-electron chi connectivity index (χ2n) is 5.19. The molecule has 6 nitrogen and oxygen atoms in total. The van der Waals surface area contributed by atoms with E-state index in [2.05, 4.69) is 5.32 Å². The standard InChI is InChI=1S/C18H14N2O4S2/c19-14(21)9-24-18(23)15-12(11-5-2-1-3-6-11)10-26-17(15)20-16(22)13-7-4-8-25-13/h1-8,10H,9H2,(H2,19,21)(H,20,22). The number of primary amides is 1. The molecule has 0 atom stereocenters. The van der Waals surface area contributed by atoms with Crippen molar-refractivity contribution in [3.63, 3.8) is 0 Å². The molecule has 132 valence electrons. The van der Waals surface area contributed by atoms with Gasteiger partial charge < -0.3 is 15.8 Å². The number of nitrogens with one attached hydrogen (secondary N) is 1. The highest BCUT2D eigenvalue weighted by Gasteiger charge is 2.23. The summed E-state index contributed by atoms with van der Waals surface area (Å²) in [5.41, 5.74) is 6.66. The third-order valence-corrected chi connectivity index (χ3v) is 5.16. The monoisotopic (exact) mass is 386 g/mol. The molecule has 3 rings (SSSR count). The molecular formula is C18H14N2O4S2. The number of hydrogen-bond donors (Lipinski definition) is 2. The molecule has 0 saturated carbocycles. The van der Waals surface area contributed by atoms with Crippen LogP contribution in [0.3, 0.4) is 0 Å². The van der Waals surface area contributed by atoms with Gasteiger partial charge in [0.15, 0.2) is 6.61 Å². The van der Waals surface area contributed by atoms with Crippen LogP contribution in [0.25, 0.3) is 11.1 Å². The topological polar surface area (TPSA) is 98.5 Å². The Morgan fingerprint density at radius 3 is 2.46 bits per heavy atom. The summed E-state index contributed by atoms with van der Waals surface area (Å²) in [6.45, 7) is -0.527. The first-order valence-corrected chi connectivity index (χ1v) is 9.29. The molecule has 3 aromatic rings. The molecule has 2 amide bonds. The van der Waals surface area contributed by atoms with Gasteiger partial charge in [-0.15, -0.1) is 22.7 Å². The summed E-state index contributed by atoms with van der Waals surface area (Å²) in [6.07, 6.45) is 0. The van der Waals surface area contributed by atoms with E-state index in [1.807, 2.05) is 30.3 Å². The maximum absolute atomic E-state index is 12.5. The van der Waals surface area contributed by atoms with E-state index < -0.39 is 18.5 Å². The van der Waals surface area contributed by atoms with Gasteiger partial charge in [0.05, 0.1) is 4.88 Å². The molecule has 0 fully saturated rings. The summed E-state index contributed by atoms with van der Waals surface area (Å²) >= 11 is 2.51. The van der Waals surface area contributed by atoms with Gasteiger partial charge >= 0.3 is 5.97 Å². The van der Waals surface area contributed by atoms with Crippen molar-refractivity contribution in [2.75, 3.05) is 11.9 Å². The predicted molar refractivity (Wildman–Crippen MR) is 102 cm³/mol. The lowest BCUT2D eigenvalue weighted by Gasteiger charge is -2.08. The first-order chi connectivity index (χ1) is 12.6. The molecule has 0 saturated heterocycles. The number of carbonyl (C=O) groups is 3. The number of anilines is 1. The highest BCUT2D eigenvalue weighted by molar-refractivity contribution is 7.15. The lowest BCUT2D eigenvalue weighted by molar-refractivity contribution is -0.121. The zero-order valence-corrected chi connectivity index (χ0v) is 15.1. The Balaban J connectivity index is 1.96. The van der Waals surface area contributed by atoms with Crippen LogP contribution in [0, 0.1) is 0 Å². The second-order valence-corrected chi connectivity index (χ2v) is 7.02. The van der Waals surface area contributed by atoms with Gasteiger partial charge in [-0.1, -0.05) is 36.4 Å². The van der Waals surface area contributed by atoms with Gasteiger partial charge in [-0.3, -0.25) is 9.59 Å². The molecule has 2 heterocycles. The molecule has 0 aliphatic heterocycles. The SMILES string of the molecule is NC(=O)COC(=O)c1c(-c2ccccc2)csc1NC(=O)c1cccs1. The molecular weight excluding hydrogens is 372 g/mol. The van der Waals surface area contributed by atoms with Crippen molar-refractivity contribution in [2.24, 2.45) is 5.73 Å². The number of thiophene rings is 2. The summed E-state index contributed by atoms with van der Waals surface area (Å²) in [5, 5.41) is 6.66. The van der Waals surface area contributed by atoms with E-state index in [4.69, 9.17) is 10.5 Å². The number of carbonyl (C=O) groups excluding carboxylic acids is 3. The number of nitrogens with two attached hydrogens (primary N) is 1. The lowest BCUT2D eigenvalue weighted by atomic mass is 10.0. The van der Waals surface area contributed by atoms with Crippen molar-refractivity contribution < 1.29 is 19.1 Å². The Bertz CT molecular complexity index is 934. The summed E-state index contributed by atoms with van der Waals surface area (Å²) in [5.74, 6) is -1.78. The maximum atomic E-state index is 12.5. The third-order valence-electron chi connectivity index (χ3n) is 3.40. The molecule has 0 aliphatic rings. The van der Waals surface area contributed by atoms with E-state index in [0.717, 1.165) is 5.56 Å². The molecule has 2 aromatic heterocycles. The number of ether oxygens (including phenoxy) is 1. The minimum Gasteiger partial charge on any atom is -0.452 e. The van der Waals surface area contributed by atoms with Crippen LogP contribution >= 0.6 is 22.7 Å². The predicted octanol–water partition coefficient (Wildman–Crippen LogP) is 3.37. The van der Waals surface area contributed by atoms with Crippen LogP contribution in [0.15, 0.2) is 53.2 Å². The molecule has 0 radical (unpaired) electrons. The number of esters is 1. The van der Waals surface area contributed by atoms with E-state index in [-0.39, 0.29) is 11.5 Å². The van der Waals surface area contributed by atoms with Crippen molar-refractivity contribution >= 4 is 45.5 Å². The summed E-state index contributed by atoms with van der Waals surface area (Å²) in [6, 6.07) is 12.7. The Hall–Kier alpha value is -2.97. The zero-order chi connectivity index (χ0) is 18.5. The molecule has 0 aliphatic carbocycles. The summed E-state index contributed by atoms with van der Waals surface area (Å²) < 4.78 is 4.97. The third kappa shape index (κ3) is 3.98. The molecule has 3 N–H and O–H groups in total. The van der Waals surface area contributed by atoms with Crippen LogP contribution in [-0.2, 0) is 9.53 Å². The van der Waals surface area contributed by atoms with Crippen molar-refractivity contribution in [1.82, 2.24) is 0 Å². The van der Waals surface area contributed by atoms with Crippen LogP contribution in [-0.4, -0.2) is 24.4 Å². The Kier molecular flexibility index (Phi) is 5.45. The number of benzene rings is 1. The fourth-order valence-electron chi connectivity index (χ4n) is 2.26. The number of hydrogen-bond acceptors (Lipinski definition) is 6. The van der Waals surface area contributed by atoms with Crippen LogP contribution in [0.5, 0.6) is 0 Å². The minimum absolute atomic E-state index is 0.201. The zero-order valence-electron chi connectivity index (χ0n) is 13.4. The molecule has 0 bridgehead atoms. The molecule has 26 heavy (non-hydrogen) atoms. The van der Waals surface area contributed by atoms with Gasteiger partial charge in [-0.25, -0.2) is 4.79 Å². The van der Waals surface area contributed by atoms with Crippen molar-refractivity contribution in [3.8, 4) is 11.1 Å². The fourth-order valence-corrected chi connectivity index (χ4v) is 3.84. The first-order valence-electron chi connectivity index (χ1n) is 7.53. The van der Waals surface area contributed by atoms with Crippen molar-refractivity contribution in [1.29, 1.82) is 0 Å². The molecule has 8 heteroatoms. The first kappa shape index (κ1) is 17.8. The van der Waals surface area contributed by atoms with Gasteiger partial charge in [0.2, 0.25) is 0 Å². The average molecular weight is 386 g/mol. The quantitative estimate of drug-likeness (QED) is 0.635. The normalized spacial score (nSPS) is 10.3. The van der Waals surface area contributed by atoms with E-state index in [1.54, 1.807) is 22.9 Å². The minimum atomic E-state index is -0.751. The summed E-state index contributed by atoms with van der Waals surface area (Å²) in [7, 11) is 0. The van der Waals surface area contributed by atoms with Crippen LogP contribution in [0.2, 0.25) is 0 Å². The van der Waals surface area contributed by atoms with Gasteiger partial charge in [0.25, 0.3) is 11.8 Å². The smallest absolute Gasteiger partial charge is 0.342 e. The van der Waals surface area contributed by atoms with E-state index in [9.17, 15) is 14.4 Å². The maximum Gasteiger partial charge on any atom is 0.342 e. The highest BCUT2D eigenvalue weighted by atomic mass is 32.1. The van der Waals surface area contributed by atoms with Crippen molar-refractivity contribution in [3.05, 3.63) is 63.7 Å². The largest absolute Gasteiger partial charge is 0.452 e. The van der Waals surface area contributed by atoms with Crippen LogP contribution in [0.1, 0.15) is 20.0 Å². The van der Waals surface area contributed by atoms with Gasteiger partial charge in [0, 0.05) is 10.9 Å². The van der Waals surface area contributed by atoms with E-state index >= 15 is 0 Å². The fraction of sp³-hybridized carbons (Fsp3) is 0.0556. The van der Waals surface area contributed by atoms with Gasteiger partial charge in [-0.05, 0) is 17.0 Å². The van der Waals surface area contributed by atoms with E-state index in [0.29, 0.717) is 15.4 Å². The molecule has 1 aromatic carbocycles. The van der Waals surface area contributed by atoms with Crippen LogP contribution < -0.4 is 11.1 Å². The van der Waals surface area contributed by atoms with Gasteiger partial charge in [-0.2, -0.15) is 0 Å². The molecule has 0 unspecified atom stereocenters. The van der Waals surface area contributed by atoms with Gasteiger partial charge in [0.1, 0.15) is 10.6 Å².